The van der Waals surface area contributed by atoms with Gasteiger partial charge in [-0.1, -0.05) is 11.6 Å². The Morgan fingerprint density at radius 3 is 2.92 bits per heavy atom. The average molecular weight is 201 g/mol. The summed E-state index contributed by atoms with van der Waals surface area (Å²) < 4.78 is 4.88. The number of pyridine rings is 1. The third kappa shape index (κ3) is 2.17. The Bertz CT molecular complexity index is 328. The van der Waals surface area contributed by atoms with Crippen molar-refractivity contribution >= 4 is 17.4 Å². The predicted octanol–water partition coefficient (Wildman–Crippen LogP) is 0.885. The normalized spacial score (nSPS) is 9.77. The molecule has 0 spiro atoms. The van der Waals surface area contributed by atoms with Crippen molar-refractivity contribution in [2.75, 3.05) is 13.7 Å². The number of hydrogen-bond acceptors (Lipinski definition) is 4. The van der Waals surface area contributed by atoms with Gasteiger partial charge in [0.2, 0.25) is 5.88 Å². The van der Waals surface area contributed by atoms with Crippen molar-refractivity contribution in [3.05, 3.63) is 22.8 Å². The van der Waals surface area contributed by atoms with Gasteiger partial charge in [0.15, 0.2) is 5.78 Å². The van der Waals surface area contributed by atoms with Crippen LogP contribution in [-0.4, -0.2) is 24.4 Å². The van der Waals surface area contributed by atoms with Crippen LogP contribution in [0.2, 0.25) is 5.15 Å². The summed E-state index contributed by atoms with van der Waals surface area (Å²) in [5.74, 6) is -0.0102. The van der Waals surface area contributed by atoms with E-state index >= 15 is 0 Å². The first-order chi connectivity index (χ1) is 6.19. The molecule has 13 heavy (non-hydrogen) atoms. The van der Waals surface area contributed by atoms with Crippen LogP contribution in [0.25, 0.3) is 0 Å². The topological polar surface area (TPSA) is 65.2 Å². The molecular formula is C8H9ClN2O2. The maximum absolute atomic E-state index is 11.2. The zero-order chi connectivity index (χ0) is 9.84. The maximum Gasteiger partial charge on any atom is 0.225 e. The average Bonchev–Trinajstić information content (AvgIpc) is 2.16. The first-order valence-electron chi connectivity index (χ1n) is 3.63. The monoisotopic (exact) mass is 200 g/mol. The third-order valence-corrected chi connectivity index (χ3v) is 1.72. The van der Waals surface area contributed by atoms with Crippen molar-refractivity contribution < 1.29 is 9.53 Å². The minimum Gasteiger partial charge on any atom is -0.480 e. The molecular weight excluding hydrogens is 192 g/mol. The molecule has 0 radical (unpaired) electrons. The standard InChI is InChI=1S/C8H9ClN2O2/c1-13-8-5(6(12)4-10)2-3-7(9)11-8/h2-3H,4,10H2,1H3. The molecule has 1 aromatic rings. The zero-order valence-electron chi connectivity index (χ0n) is 7.08. The molecule has 2 N–H and O–H groups in total. The quantitative estimate of drug-likeness (QED) is 0.581. The zero-order valence-corrected chi connectivity index (χ0v) is 7.84. The van der Waals surface area contributed by atoms with E-state index in [0.29, 0.717) is 5.56 Å². The number of ether oxygens (including phenoxy) is 1. The number of aromatic nitrogens is 1. The van der Waals surface area contributed by atoms with E-state index in [1.54, 1.807) is 6.07 Å². The van der Waals surface area contributed by atoms with Crippen LogP contribution in [-0.2, 0) is 0 Å². The van der Waals surface area contributed by atoms with Crippen LogP contribution in [0.15, 0.2) is 12.1 Å². The van der Waals surface area contributed by atoms with Gasteiger partial charge in [-0.2, -0.15) is 0 Å². The SMILES string of the molecule is COc1nc(Cl)ccc1C(=O)CN. The van der Waals surface area contributed by atoms with Crippen LogP contribution in [0.4, 0.5) is 0 Å². The van der Waals surface area contributed by atoms with Crippen molar-refractivity contribution in [1.29, 1.82) is 0 Å². The summed E-state index contributed by atoms with van der Waals surface area (Å²) in [5.41, 5.74) is 5.56. The second-order valence-corrected chi connectivity index (χ2v) is 2.71. The van der Waals surface area contributed by atoms with E-state index in [1.165, 1.54) is 13.2 Å². The van der Waals surface area contributed by atoms with E-state index in [0.717, 1.165) is 0 Å². The van der Waals surface area contributed by atoms with Gasteiger partial charge >= 0.3 is 0 Å². The van der Waals surface area contributed by atoms with Crippen molar-refractivity contribution in [3.8, 4) is 5.88 Å². The number of nitrogens with two attached hydrogens (primary N) is 1. The molecule has 0 unspecified atom stereocenters. The summed E-state index contributed by atoms with van der Waals surface area (Å²) in [6.07, 6.45) is 0. The molecule has 0 atom stereocenters. The Morgan fingerprint density at radius 2 is 2.38 bits per heavy atom. The second kappa shape index (κ2) is 4.20. The summed E-state index contributed by atoms with van der Waals surface area (Å²) in [5, 5.41) is 0.283. The van der Waals surface area contributed by atoms with Crippen molar-refractivity contribution in [2.24, 2.45) is 5.73 Å². The molecule has 0 saturated carbocycles. The molecule has 0 aromatic carbocycles. The molecule has 0 bridgehead atoms. The second-order valence-electron chi connectivity index (χ2n) is 2.32. The highest BCUT2D eigenvalue weighted by Gasteiger charge is 2.11. The number of nitrogens with zero attached hydrogens (tertiary/aromatic N) is 1. The number of ketones is 1. The minimum absolute atomic E-state index is 0.0698. The maximum atomic E-state index is 11.2. The molecule has 4 nitrogen and oxygen atoms in total. The van der Waals surface area contributed by atoms with E-state index in [2.05, 4.69) is 4.98 Å². The highest BCUT2D eigenvalue weighted by molar-refractivity contribution is 6.29. The Labute approximate surface area is 80.7 Å². The molecule has 0 amide bonds. The van der Waals surface area contributed by atoms with Gasteiger partial charge in [-0.05, 0) is 12.1 Å². The number of hydrogen-bond donors (Lipinski definition) is 1. The van der Waals surface area contributed by atoms with Crippen LogP contribution in [0.1, 0.15) is 10.4 Å². The summed E-state index contributed by atoms with van der Waals surface area (Å²) in [4.78, 5) is 15.0. The summed E-state index contributed by atoms with van der Waals surface area (Å²) in [7, 11) is 1.42. The lowest BCUT2D eigenvalue weighted by Crippen LogP contribution is -2.15. The van der Waals surface area contributed by atoms with Gasteiger partial charge < -0.3 is 10.5 Å². The smallest absolute Gasteiger partial charge is 0.225 e. The van der Waals surface area contributed by atoms with Crippen molar-refractivity contribution in [2.45, 2.75) is 0 Å². The number of carbonyl (C=O) groups excluding carboxylic acids is 1. The summed E-state index contributed by atoms with van der Waals surface area (Å²) in [6.45, 7) is -0.0698. The summed E-state index contributed by atoms with van der Waals surface area (Å²) >= 11 is 5.61. The van der Waals surface area contributed by atoms with Gasteiger partial charge in [0.05, 0.1) is 19.2 Å². The number of carbonyl (C=O) groups is 1. The minimum atomic E-state index is -0.221. The van der Waals surface area contributed by atoms with Crippen LogP contribution in [0.3, 0.4) is 0 Å². The Hall–Kier alpha value is -1.13. The van der Waals surface area contributed by atoms with Gasteiger partial charge in [-0.3, -0.25) is 4.79 Å². The lowest BCUT2D eigenvalue weighted by molar-refractivity contribution is 0.0998. The lowest BCUT2D eigenvalue weighted by atomic mass is 10.2. The van der Waals surface area contributed by atoms with E-state index < -0.39 is 0 Å². The first-order valence-corrected chi connectivity index (χ1v) is 4.00. The molecule has 1 aromatic heterocycles. The number of halogens is 1. The van der Waals surface area contributed by atoms with E-state index in [4.69, 9.17) is 22.1 Å². The molecule has 0 fully saturated rings. The Morgan fingerprint density at radius 1 is 1.69 bits per heavy atom. The highest BCUT2D eigenvalue weighted by Crippen LogP contribution is 2.18. The number of methoxy groups -OCH3 is 1. The van der Waals surface area contributed by atoms with Gasteiger partial charge in [0.1, 0.15) is 5.15 Å². The molecule has 0 aliphatic rings. The fraction of sp³-hybridized carbons (Fsp3) is 0.250. The molecule has 70 valence electrons. The Kier molecular flexibility index (Phi) is 3.22. The lowest BCUT2D eigenvalue weighted by Gasteiger charge is -2.04. The van der Waals surface area contributed by atoms with Gasteiger partial charge in [0.25, 0.3) is 0 Å². The van der Waals surface area contributed by atoms with Crippen LogP contribution < -0.4 is 10.5 Å². The fourth-order valence-corrected chi connectivity index (χ4v) is 1.04. The number of rotatable bonds is 3. The molecule has 0 aliphatic heterocycles. The van der Waals surface area contributed by atoms with Gasteiger partial charge in [-0.15, -0.1) is 0 Å². The largest absolute Gasteiger partial charge is 0.480 e. The Balaban J connectivity index is 3.13. The molecule has 0 aliphatic carbocycles. The van der Waals surface area contributed by atoms with Gasteiger partial charge in [-0.25, -0.2) is 4.98 Å². The van der Waals surface area contributed by atoms with Crippen molar-refractivity contribution in [3.63, 3.8) is 0 Å². The van der Waals surface area contributed by atoms with Crippen LogP contribution in [0.5, 0.6) is 5.88 Å². The van der Waals surface area contributed by atoms with Crippen LogP contribution in [0, 0.1) is 0 Å². The third-order valence-electron chi connectivity index (χ3n) is 1.51. The van der Waals surface area contributed by atoms with Gasteiger partial charge in [0, 0.05) is 0 Å². The molecule has 1 rings (SSSR count). The molecule has 5 heteroatoms. The van der Waals surface area contributed by atoms with E-state index in [-0.39, 0.29) is 23.4 Å². The predicted molar refractivity (Wildman–Crippen MR) is 49.2 cm³/mol. The first kappa shape index (κ1) is 9.95. The van der Waals surface area contributed by atoms with Crippen LogP contribution >= 0.6 is 11.6 Å². The molecule has 0 saturated heterocycles. The van der Waals surface area contributed by atoms with Crippen molar-refractivity contribution in [1.82, 2.24) is 4.98 Å². The highest BCUT2D eigenvalue weighted by atomic mass is 35.5. The van der Waals surface area contributed by atoms with E-state index in [9.17, 15) is 4.79 Å². The number of Topliss-reactive ketones (excluding diaryl/α,β-unsaturated/α-hetero) is 1. The summed E-state index contributed by atoms with van der Waals surface area (Å²) in [6, 6.07) is 3.07. The fourth-order valence-electron chi connectivity index (χ4n) is 0.896. The van der Waals surface area contributed by atoms with E-state index in [1.807, 2.05) is 0 Å². The molecule has 1 heterocycles.